The third-order valence-electron chi connectivity index (χ3n) is 3.06. The number of carbonyl (C=O) groups is 2. The summed E-state index contributed by atoms with van der Waals surface area (Å²) in [6.45, 7) is 2.13. The first-order valence-corrected chi connectivity index (χ1v) is 6.05. The molecule has 0 bridgehead atoms. The molecule has 0 aliphatic rings. The molecule has 0 saturated carbocycles. The Morgan fingerprint density at radius 3 is 2.74 bits per heavy atom. The molecule has 5 heteroatoms. The minimum atomic E-state index is -0.923. The van der Waals surface area contributed by atoms with Crippen molar-refractivity contribution in [1.82, 2.24) is 9.88 Å². The van der Waals surface area contributed by atoms with Crippen LogP contribution in [0.1, 0.15) is 22.5 Å². The molecule has 0 fully saturated rings. The first-order valence-electron chi connectivity index (χ1n) is 6.05. The van der Waals surface area contributed by atoms with Crippen LogP contribution in [0.25, 0.3) is 10.9 Å². The molecule has 0 radical (unpaired) electrons. The van der Waals surface area contributed by atoms with Crippen molar-refractivity contribution in [3.05, 3.63) is 35.5 Å². The summed E-state index contributed by atoms with van der Waals surface area (Å²) in [5.74, 6) is -1.18. The van der Waals surface area contributed by atoms with Gasteiger partial charge >= 0.3 is 5.97 Å². The molecule has 0 aliphatic carbocycles. The van der Waals surface area contributed by atoms with E-state index in [1.54, 1.807) is 0 Å². The lowest BCUT2D eigenvalue weighted by molar-refractivity contribution is -0.136. The third-order valence-corrected chi connectivity index (χ3v) is 3.06. The molecule has 2 aromatic rings. The van der Waals surface area contributed by atoms with Crippen molar-refractivity contribution in [2.24, 2.45) is 7.05 Å². The second-order valence-electron chi connectivity index (χ2n) is 4.55. The van der Waals surface area contributed by atoms with Crippen LogP contribution in [-0.4, -0.2) is 28.1 Å². The van der Waals surface area contributed by atoms with E-state index in [-0.39, 0.29) is 18.9 Å². The Kier molecular flexibility index (Phi) is 3.55. The van der Waals surface area contributed by atoms with E-state index in [0.717, 1.165) is 16.5 Å². The van der Waals surface area contributed by atoms with E-state index in [9.17, 15) is 9.59 Å². The molecule has 19 heavy (non-hydrogen) atoms. The predicted octanol–water partition coefficient (Wildman–Crippen LogP) is 1.69. The van der Waals surface area contributed by atoms with E-state index in [2.05, 4.69) is 5.32 Å². The van der Waals surface area contributed by atoms with Gasteiger partial charge in [-0.1, -0.05) is 12.1 Å². The minimum Gasteiger partial charge on any atom is -0.481 e. The van der Waals surface area contributed by atoms with Crippen LogP contribution in [-0.2, 0) is 11.8 Å². The van der Waals surface area contributed by atoms with Crippen LogP contribution in [0.2, 0.25) is 0 Å². The van der Waals surface area contributed by atoms with E-state index in [4.69, 9.17) is 5.11 Å². The Labute approximate surface area is 110 Å². The summed E-state index contributed by atoms with van der Waals surface area (Å²) in [7, 11) is 1.83. The van der Waals surface area contributed by atoms with Gasteiger partial charge in [-0.05, 0) is 24.6 Å². The zero-order valence-corrected chi connectivity index (χ0v) is 10.9. The van der Waals surface area contributed by atoms with Gasteiger partial charge in [-0.15, -0.1) is 0 Å². The monoisotopic (exact) mass is 260 g/mol. The number of aryl methyl sites for hydroxylation is 2. The van der Waals surface area contributed by atoms with Crippen LogP contribution in [0.3, 0.4) is 0 Å². The van der Waals surface area contributed by atoms with E-state index in [1.165, 1.54) is 0 Å². The van der Waals surface area contributed by atoms with Crippen molar-refractivity contribution in [1.29, 1.82) is 0 Å². The van der Waals surface area contributed by atoms with Crippen molar-refractivity contribution in [3.8, 4) is 0 Å². The summed E-state index contributed by atoms with van der Waals surface area (Å²) in [5, 5.41) is 12.1. The molecule has 100 valence electrons. The van der Waals surface area contributed by atoms with Gasteiger partial charge in [-0.25, -0.2) is 0 Å². The van der Waals surface area contributed by atoms with Gasteiger partial charge in [-0.2, -0.15) is 0 Å². The van der Waals surface area contributed by atoms with Gasteiger partial charge in [0.1, 0.15) is 5.69 Å². The first kappa shape index (κ1) is 13.1. The van der Waals surface area contributed by atoms with E-state index >= 15 is 0 Å². The molecule has 0 aliphatic heterocycles. The number of carbonyl (C=O) groups excluding carboxylic acids is 1. The fourth-order valence-electron chi connectivity index (χ4n) is 2.03. The Morgan fingerprint density at radius 1 is 1.32 bits per heavy atom. The van der Waals surface area contributed by atoms with Crippen molar-refractivity contribution in [2.45, 2.75) is 13.3 Å². The highest BCUT2D eigenvalue weighted by atomic mass is 16.4. The number of aliphatic carboxylic acids is 1. The summed E-state index contributed by atoms with van der Waals surface area (Å²) in [6.07, 6.45) is -0.0746. The highest BCUT2D eigenvalue weighted by molar-refractivity contribution is 5.98. The van der Waals surface area contributed by atoms with Gasteiger partial charge in [-0.3, -0.25) is 9.59 Å². The van der Waals surface area contributed by atoms with Gasteiger partial charge in [0.25, 0.3) is 5.91 Å². The van der Waals surface area contributed by atoms with E-state index in [1.807, 2.05) is 42.8 Å². The van der Waals surface area contributed by atoms with Crippen molar-refractivity contribution in [2.75, 3.05) is 6.54 Å². The molecule has 0 unspecified atom stereocenters. The number of fused-ring (bicyclic) bond motifs is 1. The average Bonchev–Trinajstić information content (AvgIpc) is 2.66. The number of nitrogens with one attached hydrogen (secondary N) is 1. The first-order chi connectivity index (χ1) is 8.99. The average molecular weight is 260 g/mol. The quantitative estimate of drug-likeness (QED) is 0.878. The molecule has 5 nitrogen and oxygen atoms in total. The molecule has 2 N–H and O–H groups in total. The number of aromatic nitrogens is 1. The highest BCUT2D eigenvalue weighted by Crippen LogP contribution is 2.19. The van der Waals surface area contributed by atoms with Crippen LogP contribution >= 0.6 is 0 Å². The van der Waals surface area contributed by atoms with Crippen LogP contribution in [0.5, 0.6) is 0 Å². The number of carboxylic acids is 1. The molecule has 1 heterocycles. The normalized spacial score (nSPS) is 10.6. The van der Waals surface area contributed by atoms with Crippen molar-refractivity contribution < 1.29 is 14.7 Å². The number of rotatable bonds is 4. The molecule has 0 saturated heterocycles. The molecule has 2 rings (SSSR count). The lowest BCUT2D eigenvalue weighted by Gasteiger charge is -2.05. The molecule has 1 aromatic heterocycles. The largest absolute Gasteiger partial charge is 0.481 e. The van der Waals surface area contributed by atoms with Gasteiger partial charge in [0, 0.05) is 24.5 Å². The second kappa shape index (κ2) is 5.14. The summed E-state index contributed by atoms with van der Waals surface area (Å²) < 4.78 is 1.82. The molecule has 1 aromatic carbocycles. The third kappa shape index (κ3) is 2.76. The summed E-state index contributed by atoms with van der Waals surface area (Å²) in [6, 6.07) is 7.79. The predicted molar refractivity (Wildman–Crippen MR) is 72.2 cm³/mol. The highest BCUT2D eigenvalue weighted by Gasteiger charge is 2.13. The number of hydrogen-bond acceptors (Lipinski definition) is 2. The Bertz CT molecular complexity index is 643. The summed E-state index contributed by atoms with van der Waals surface area (Å²) >= 11 is 0. The fraction of sp³-hybridized carbons (Fsp3) is 0.286. The fourth-order valence-corrected chi connectivity index (χ4v) is 2.03. The topological polar surface area (TPSA) is 71.3 Å². The smallest absolute Gasteiger partial charge is 0.305 e. The van der Waals surface area contributed by atoms with Crippen LogP contribution in [0, 0.1) is 6.92 Å². The number of carboxylic acid groups (broad SMARTS) is 1. The molecular weight excluding hydrogens is 244 g/mol. The summed E-state index contributed by atoms with van der Waals surface area (Å²) in [5.41, 5.74) is 2.65. The van der Waals surface area contributed by atoms with E-state index in [0.29, 0.717) is 5.69 Å². The molecule has 0 atom stereocenters. The van der Waals surface area contributed by atoms with Crippen molar-refractivity contribution in [3.63, 3.8) is 0 Å². The number of nitrogens with zero attached hydrogens (tertiary/aromatic N) is 1. The SMILES string of the molecule is Cc1ccc2cc(C(=O)NCCC(=O)O)n(C)c2c1. The Morgan fingerprint density at radius 2 is 2.05 bits per heavy atom. The van der Waals surface area contributed by atoms with Gasteiger partial charge < -0.3 is 15.0 Å². The van der Waals surface area contributed by atoms with Crippen LogP contribution < -0.4 is 5.32 Å². The lowest BCUT2D eigenvalue weighted by atomic mass is 10.2. The van der Waals surface area contributed by atoms with Crippen molar-refractivity contribution >= 4 is 22.8 Å². The molecule has 1 amide bonds. The maximum absolute atomic E-state index is 12.0. The van der Waals surface area contributed by atoms with Crippen LogP contribution in [0.4, 0.5) is 0 Å². The van der Waals surface area contributed by atoms with Crippen LogP contribution in [0.15, 0.2) is 24.3 Å². The standard InChI is InChI=1S/C14H16N2O3/c1-9-3-4-10-8-12(16(2)11(10)7-9)14(19)15-6-5-13(17)18/h3-4,7-8H,5-6H2,1-2H3,(H,15,19)(H,17,18). The van der Waals surface area contributed by atoms with Gasteiger partial charge in [0.05, 0.1) is 6.42 Å². The molecule has 0 spiro atoms. The number of benzene rings is 1. The number of hydrogen-bond donors (Lipinski definition) is 2. The zero-order chi connectivity index (χ0) is 14.0. The second-order valence-corrected chi connectivity index (χ2v) is 4.55. The minimum absolute atomic E-state index is 0.0746. The molecular formula is C14H16N2O3. The maximum atomic E-state index is 12.0. The Hall–Kier alpha value is -2.30. The lowest BCUT2D eigenvalue weighted by Crippen LogP contribution is -2.27. The maximum Gasteiger partial charge on any atom is 0.305 e. The zero-order valence-electron chi connectivity index (χ0n) is 10.9. The number of amides is 1. The van der Waals surface area contributed by atoms with Gasteiger partial charge in [0.15, 0.2) is 0 Å². The summed E-state index contributed by atoms with van der Waals surface area (Å²) in [4.78, 5) is 22.4. The van der Waals surface area contributed by atoms with Gasteiger partial charge in [0.2, 0.25) is 0 Å². The van der Waals surface area contributed by atoms with E-state index < -0.39 is 5.97 Å². The Balaban J connectivity index is 2.22.